The molecule has 0 aromatic heterocycles. The van der Waals surface area contributed by atoms with Gasteiger partial charge in [0.1, 0.15) is 0 Å². The van der Waals surface area contributed by atoms with Gasteiger partial charge >= 0.3 is 0 Å². The summed E-state index contributed by atoms with van der Waals surface area (Å²) in [4.78, 5) is 2.18. The Morgan fingerprint density at radius 2 is 2.00 bits per heavy atom. The van der Waals surface area contributed by atoms with E-state index in [4.69, 9.17) is 5.73 Å². The molecule has 0 amide bonds. The summed E-state index contributed by atoms with van der Waals surface area (Å²) in [6.07, 6.45) is 3.88. The summed E-state index contributed by atoms with van der Waals surface area (Å²) in [5.74, 6) is 0. The van der Waals surface area contributed by atoms with Crippen LogP contribution in [0.2, 0.25) is 0 Å². The summed E-state index contributed by atoms with van der Waals surface area (Å²) in [6, 6.07) is 0. The van der Waals surface area contributed by atoms with E-state index in [9.17, 15) is 0 Å². The molecule has 0 aliphatic carbocycles. The Morgan fingerprint density at radius 1 is 1.40 bits per heavy atom. The maximum absolute atomic E-state index is 5.84. The van der Waals surface area contributed by atoms with E-state index in [-0.39, 0.29) is 6.17 Å². The van der Waals surface area contributed by atoms with Gasteiger partial charge < -0.3 is 5.73 Å². The molecule has 0 radical (unpaired) electrons. The second-order valence-corrected chi connectivity index (χ2v) is 2.78. The van der Waals surface area contributed by atoms with Crippen molar-refractivity contribution in [1.29, 1.82) is 0 Å². The molecule has 0 aromatic carbocycles. The molecule has 0 bridgehead atoms. The van der Waals surface area contributed by atoms with Gasteiger partial charge in [0.15, 0.2) is 0 Å². The van der Waals surface area contributed by atoms with Crippen LogP contribution in [-0.4, -0.2) is 24.7 Å². The van der Waals surface area contributed by atoms with Gasteiger partial charge in [-0.1, -0.05) is 26.7 Å². The highest BCUT2D eigenvalue weighted by Gasteiger charge is 2.04. The first kappa shape index (κ1) is 9.92. The van der Waals surface area contributed by atoms with Gasteiger partial charge in [-0.05, 0) is 20.0 Å². The van der Waals surface area contributed by atoms with Crippen molar-refractivity contribution in [3.8, 4) is 0 Å². The molecule has 0 rings (SSSR count). The van der Waals surface area contributed by atoms with Crippen molar-refractivity contribution >= 4 is 0 Å². The second kappa shape index (κ2) is 5.69. The summed E-state index contributed by atoms with van der Waals surface area (Å²) >= 11 is 0. The average Bonchev–Trinajstić information content (AvgIpc) is 1.98. The lowest BCUT2D eigenvalue weighted by atomic mass is 10.2. The monoisotopic (exact) mass is 144 g/mol. The molecule has 0 spiro atoms. The van der Waals surface area contributed by atoms with E-state index in [0.717, 1.165) is 13.0 Å². The normalized spacial score (nSPS) is 14.1. The molecule has 2 nitrogen and oxygen atoms in total. The number of hydrogen-bond acceptors (Lipinski definition) is 2. The zero-order valence-corrected chi connectivity index (χ0v) is 7.43. The maximum Gasteiger partial charge on any atom is 0.0569 e. The molecule has 0 aromatic rings. The predicted molar refractivity (Wildman–Crippen MR) is 45.8 cm³/mol. The van der Waals surface area contributed by atoms with Gasteiger partial charge in [-0.3, -0.25) is 4.90 Å². The average molecular weight is 144 g/mol. The molecule has 0 saturated carbocycles. The Kier molecular flexibility index (Phi) is 5.64. The van der Waals surface area contributed by atoms with Crippen LogP contribution in [0.1, 0.15) is 33.1 Å². The van der Waals surface area contributed by atoms with E-state index in [2.05, 4.69) is 25.8 Å². The quantitative estimate of drug-likeness (QED) is 0.591. The second-order valence-electron chi connectivity index (χ2n) is 2.78. The van der Waals surface area contributed by atoms with Gasteiger partial charge in [0.2, 0.25) is 0 Å². The van der Waals surface area contributed by atoms with Gasteiger partial charge in [0.25, 0.3) is 0 Å². The molecule has 62 valence electrons. The number of unbranched alkanes of at least 4 members (excludes halogenated alkanes) is 1. The first-order chi connectivity index (χ1) is 4.72. The molecule has 0 saturated heterocycles. The van der Waals surface area contributed by atoms with E-state index < -0.39 is 0 Å². The molecular formula is C8H20N2. The fourth-order valence-corrected chi connectivity index (χ4v) is 0.868. The topological polar surface area (TPSA) is 29.3 Å². The summed E-state index contributed by atoms with van der Waals surface area (Å²) < 4.78 is 0. The van der Waals surface area contributed by atoms with E-state index in [1.54, 1.807) is 0 Å². The lowest BCUT2D eigenvalue weighted by molar-refractivity contribution is 0.243. The van der Waals surface area contributed by atoms with Crippen LogP contribution in [0.3, 0.4) is 0 Å². The predicted octanol–water partition coefficient (Wildman–Crippen LogP) is 1.41. The number of nitrogens with two attached hydrogens (primary N) is 1. The fourth-order valence-electron chi connectivity index (χ4n) is 0.868. The third kappa shape index (κ3) is 3.85. The van der Waals surface area contributed by atoms with Crippen molar-refractivity contribution in [2.75, 3.05) is 13.6 Å². The Labute approximate surface area is 64.4 Å². The van der Waals surface area contributed by atoms with E-state index in [0.29, 0.717) is 0 Å². The zero-order valence-electron chi connectivity index (χ0n) is 7.43. The number of rotatable bonds is 5. The zero-order chi connectivity index (χ0) is 7.98. The summed E-state index contributed by atoms with van der Waals surface area (Å²) in [6.45, 7) is 5.37. The Morgan fingerprint density at radius 3 is 2.40 bits per heavy atom. The van der Waals surface area contributed by atoms with Crippen molar-refractivity contribution in [1.82, 2.24) is 4.90 Å². The minimum Gasteiger partial charge on any atom is -0.316 e. The van der Waals surface area contributed by atoms with Gasteiger partial charge in [0.05, 0.1) is 6.17 Å². The Balaban J connectivity index is 3.31. The van der Waals surface area contributed by atoms with Crippen LogP contribution in [0.15, 0.2) is 0 Å². The van der Waals surface area contributed by atoms with E-state index in [1.807, 2.05) is 0 Å². The van der Waals surface area contributed by atoms with Crippen LogP contribution in [0.25, 0.3) is 0 Å². The molecule has 0 aliphatic rings. The van der Waals surface area contributed by atoms with E-state index in [1.165, 1.54) is 12.8 Å². The first-order valence-corrected chi connectivity index (χ1v) is 4.18. The summed E-state index contributed by atoms with van der Waals surface area (Å²) in [5, 5.41) is 0. The van der Waals surface area contributed by atoms with Crippen LogP contribution < -0.4 is 5.73 Å². The molecule has 2 N–H and O–H groups in total. The van der Waals surface area contributed by atoms with Gasteiger partial charge in [0, 0.05) is 0 Å². The van der Waals surface area contributed by atoms with Crippen molar-refractivity contribution in [3.63, 3.8) is 0 Å². The minimum atomic E-state index is 0.268. The van der Waals surface area contributed by atoms with E-state index >= 15 is 0 Å². The molecule has 0 aliphatic heterocycles. The summed E-state index contributed by atoms with van der Waals surface area (Å²) in [5.41, 5.74) is 5.84. The van der Waals surface area contributed by atoms with Crippen LogP contribution in [0.5, 0.6) is 0 Å². The van der Waals surface area contributed by atoms with Gasteiger partial charge in [-0.15, -0.1) is 0 Å². The smallest absolute Gasteiger partial charge is 0.0569 e. The molecule has 2 heteroatoms. The Bertz CT molecular complexity index is 73.7. The highest BCUT2D eigenvalue weighted by Crippen LogP contribution is 2.00. The standard InChI is InChI=1S/C8H20N2/c1-4-6-7-8(9)10(3)5-2/h8H,4-7,9H2,1-3H3. The maximum atomic E-state index is 5.84. The first-order valence-electron chi connectivity index (χ1n) is 4.18. The third-order valence-corrected chi connectivity index (χ3v) is 1.92. The minimum absolute atomic E-state index is 0.268. The highest BCUT2D eigenvalue weighted by molar-refractivity contribution is 4.58. The van der Waals surface area contributed by atoms with Gasteiger partial charge in [-0.2, -0.15) is 0 Å². The number of hydrogen-bond donors (Lipinski definition) is 1. The molecular weight excluding hydrogens is 124 g/mol. The lowest BCUT2D eigenvalue weighted by Crippen LogP contribution is -2.38. The van der Waals surface area contributed by atoms with Crippen LogP contribution in [-0.2, 0) is 0 Å². The van der Waals surface area contributed by atoms with Crippen molar-refractivity contribution in [2.24, 2.45) is 5.73 Å². The fraction of sp³-hybridized carbons (Fsp3) is 1.00. The van der Waals surface area contributed by atoms with Crippen LogP contribution >= 0.6 is 0 Å². The van der Waals surface area contributed by atoms with Crippen molar-refractivity contribution in [2.45, 2.75) is 39.3 Å². The largest absolute Gasteiger partial charge is 0.316 e. The Hall–Kier alpha value is -0.0800. The van der Waals surface area contributed by atoms with Gasteiger partial charge in [-0.25, -0.2) is 0 Å². The third-order valence-electron chi connectivity index (χ3n) is 1.92. The number of nitrogens with zero attached hydrogens (tertiary/aromatic N) is 1. The molecule has 0 fully saturated rings. The lowest BCUT2D eigenvalue weighted by Gasteiger charge is -2.22. The molecule has 10 heavy (non-hydrogen) atoms. The SMILES string of the molecule is CCCCC(N)N(C)CC. The molecule has 1 unspecified atom stereocenters. The molecule has 0 heterocycles. The highest BCUT2D eigenvalue weighted by atomic mass is 15.2. The molecule has 1 atom stereocenters. The van der Waals surface area contributed by atoms with Crippen molar-refractivity contribution in [3.05, 3.63) is 0 Å². The summed E-state index contributed by atoms with van der Waals surface area (Å²) in [7, 11) is 2.07. The van der Waals surface area contributed by atoms with Crippen LogP contribution in [0.4, 0.5) is 0 Å². The van der Waals surface area contributed by atoms with Crippen LogP contribution in [0, 0.1) is 0 Å². The van der Waals surface area contributed by atoms with Crippen molar-refractivity contribution < 1.29 is 0 Å².